The Labute approximate surface area is 128 Å². The van der Waals surface area contributed by atoms with Crippen LogP contribution in [0.2, 0.25) is 5.02 Å². The molecule has 0 fully saturated rings. The fraction of sp³-hybridized carbons (Fsp3) is 0.0667. The molecular formula is C15H13ClFNO2S. The van der Waals surface area contributed by atoms with Gasteiger partial charge in [0.1, 0.15) is 5.82 Å². The molecule has 0 aliphatic carbocycles. The van der Waals surface area contributed by atoms with Crippen LogP contribution < -0.4 is 4.72 Å². The number of rotatable bonds is 4. The van der Waals surface area contributed by atoms with Gasteiger partial charge in [-0.2, -0.15) is 0 Å². The number of sulfonamides is 1. The number of halogens is 2. The van der Waals surface area contributed by atoms with E-state index in [1.54, 1.807) is 37.3 Å². The van der Waals surface area contributed by atoms with Gasteiger partial charge in [-0.05, 0) is 48.4 Å². The predicted molar refractivity (Wildman–Crippen MR) is 84.2 cm³/mol. The van der Waals surface area contributed by atoms with Gasteiger partial charge >= 0.3 is 0 Å². The maximum Gasteiger partial charge on any atom is 0.255 e. The van der Waals surface area contributed by atoms with Crippen molar-refractivity contribution in [1.29, 1.82) is 0 Å². The van der Waals surface area contributed by atoms with E-state index < -0.39 is 15.8 Å². The molecule has 0 bridgehead atoms. The summed E-state index contributed by atoms with van der Waals surface area (Å²) in [6, 6.07) is 10.9. The van der Waals surface area contributed by atoms with Gasteiger partial charge < -0.3 is 0 Å². The van der Waals surface area contributed by atoms with Crippen LogP contribution in [0.25, 0.3) is 6.08 Å². The molecule has 0 radical (unpaired) electrons. The minimum atomic E-state index is -3.79. The number of aryl methyl sites for hydroxylation is 1. The number of benzene rings is 2. The van der Waals surface area contributed by atoms with Gasteiger partial charge in [0, 0.05) is 5.02 Å². The average molecular weight is 326 g/mol. The SMILES string of the molecule is Cc1ccc(F)c(NS(=O)(=O)/C=C/c2ccc(Cl)cc2)c1. The van der Waals surface area contributed by atoms with Gasteiger partial charge in [0.25, 0.3) is 10.0 Å². The molecule has 0 aliphatic rings. The van der Waals surface area contributed by atoms with Crippen LogP contribution in [0, 0.1) is 12.7 Å². The summed E-state index contributed by atoms with van der Waals surface area (Å²) in [5.41, 5.74) is 1.36. The number of nitrogens with one attached hydrogen (secondary N) is 1. The maximum absolute atomic E-state index is 13.5. The molecular weight excluding hydrogens is 313 g/mol. The minimum absolute atomic E-state index is 0.0734. The molecule has 3 nitrogen and oxygen atoms in total. The zero-order chi connectivity index (χ0) is 15.5. The molecule has 0 amide bonds. The summed E-state index contributed by atoms with van der Waals surface area (Å²) < 4.78 is 39.6. The van der Waals surface area contributed by atoms with E-state index in [0.717, 1.165) is 11.0 Å². The Hall–Kier alpha value is -1.85. The largest absolute Gasteiger partial charge is 0.277 e. The van der Waals surface area contributed by atoms with Crippen molar-refractivity contribution >= 4 is 33.4 Å². The van der Waals surface area contributed by atoms with Crippen LogP contribution in [-0.2, 0) is 10.0 Å². The Morgan fingerprint density at radius 3 is 2.48 bits per heavy atom. The monoisotopic (exact) mass is 325 g/mol. The molecule has 0 atom stereocenters. The first-order valence-electron chi connectivity index (χ1n) is 6.08. The molecule has 0 saturated heterocycles. The van der Waals surface area contributed by atoms with E-state index in [-0.39, 0.29) is 5.69 Å². The first-order chi connectivity index (χ1) is 9.85. The molecule has 0 aromatic heterocycles. The highest BCUT2D eigenvalue weighted by Crippen LogP contribution is 2.18. The lowest BCUT2D eigenvalue weighted by atomic mass is 10.2. The second-order valence-corrected chi connectivity index (χ2v) is 6.49. The third kappa shape index (κ3) is 4.58. The summed E-state index contributed by atoms with van der Waals surface area (Å²) in [7, 11) is -3.79. The second-order valence-electron chi connectivity index (χ2n) is 4.48. The normalized spacial score (nSPS) is 11.8. The van der Waals surface area contributed by atoms with Gasteiger partial charge in [-0.15, -0.1) is 0 Å². The van der Waals surface area contributed by atoms with Crippen LogP contribution in [0.4, 0.5) is 10.1 Å². The number of anilines is 1. The average Bonchev–Trinajstić information content (AvgIpc) is 2.42. The van der Waals surface area contributed by atoms with Crippen LogP contribution in [0.3, 0.4) is 0 Å². The molecule has 0 unspecified atom stereocenters. The van der Waals surface area contributed by atoms with Crippen molar-refractivity contribution in [1.82, 2.24) is 0 Å². The van der Waals surface area contributed by atoms with Crippen LogP contribution in [0.5, 0.6) is 0 Å². The van der Waals surface area contributed by atoms with Crippen LogP contribution in [0.1, 0.15) is 11.1 Å². The Balaban J connectivity index is 2.18. The van der Waals surface area contributed by atoms with E-state index in [0.29, 0.717) is 10.6 Å². The summed E-state index contributed by atoms with van der Waals surface area (Å²) in [6.45, 7) is 1.75. The summed E-state index contributed by atoms with van der Waals surface area (Å²) >= 11 is 5.74. The summed E-state index contributed by atoms with van der Waals surface area (Å²) in [6.07, 6.45) is 1.41. The number of hydrogen-bond acceptors (Lipinski definition) is 2. The highest BCUT2D eigenvalue weighted by atomic mass is 35.5. The molecule has 2 rings (SSSR count). The lowest BCUT2D eigenvalue weighted by molar-refractivity contribution is 0.606. The van der Waals surface area contributed by atoms with Gasteiger partial charge in [0.2, 0.25) is 0 Å². The van der Waals surface area contributed by atoms with Crippen LogP contribution in [-0.4, -0.2) is 8.42 Å². The Kier molecular flexibility index (Phi) is 4.65. The molecule has 110 valence electrons. The zero-order valence-corrected chi connectivity index (χ0v) is 12.7. The third-order valence-corrected chi connectivity index (χ3v) is 3.93. The molecule has 2 aromatic carbocycles. The van der Waals surface area contributed by atoms with E-state index in [9.17, 15) is 12.8 Å². The molecule has 0 saturated carbocycles. The van der Waals surface area contributed by atoms with E-state index in [2.05, 4.69) is 4.72 Å². The highest BCUT2D eigenvalue weighted by molar-refractivity contribution is 7.95. The first-order valence-corrected chi connectivity index (χ1v) is 8.01. The van der Waals surface area contributed by atoms with Crippen molar-refractivity contribution in [2.75, 3.05) is 4.72 Å². The molecule has 21 heavy (non-hydrogen) atoms. The Morgan fingerprint density at radius 2 is 1.81 bits per heavy atom. The van der Waals surface area contributed by atoms with Gasteiger partial charge in [0.05, 0.1) is 11.1 Å². The van der Waals surface area contributed by atoms with Gasteiger partial charge in [-0.1, -0.05) is 29.8 Å². The van der Waals surface area contributed by atoms with Crippen molar-refractivity contribution in [2.24, 2.45) is 0 Å². The van der Waals surface area contributed by atoms with E-state index in [4.69, 9.17) is 11.6 Å². The fourth-order valence-corrected chi connectivity index (χ4v) is 2.64. The topological polar surface area (TPSA) is 46.2 Å². The molecule has 1 N–H and O–H groups in total. The Morgan fingerprint density at radius 1 is 1.14 bits per heavy atom. The summed E-state index contributed by atoms with van der Waals surface area (Å²) in [5, 5.41) is 1.55. The van der Waals surface area contributed by atoms with E-state index >= 15 is 0 Å². The standard InChI is InChI=1S/C15H13ClFNO2S/c1-11-2-7-14(17)15(10-11)18-21(19,20)9-8-12-3-5-13(16)6-4-12/h2-10,18H,1H3/b9-8+. The molecule has 6 heteroatoms. The lowest BCUT2D eigenvalue weighted by Gasteiger charge is -2.06. The zero-order valence-electron chi connectivity index (χ0n) is 11.2. The molecule has 2 aromatic rings. The minimum Gasteiger partial charge on any atom is -0.277 e. The Bertz CT molecular complexity index is 771. The van der Waals surface area contributed by atoms with E-state index in [1.807, 2.05) is 0 Å². The van der Waals surface area contributed by atoms with Gasteiger partial charge in [0.15, 0.2) is 0 Å². The third-order valence-electron chi connectivity index (χ3n) is 2.68. The summed E-state index contributed by atoms with van der Waals surface area (Å²) in [5.74, 6) is -0.621. The number of hydrogen-bond donors (Lipinski definition) is 1. The van der Waals surface area contributed by atoms with Crippen molar-refractivity contribution in [3.8, 4) is 0 Å². The van der Waals surface area contributed by atoms with Crippen LogP contribution >= 0.6 is 11.6 Å². The second kappa shape index (κ2) is 6.28. The molecule has 0 aliphatic heterocycles. The van der Waals surface area contributed by atoms with Crippen molar-refractivity contribution in [3.05, 3.63) is 69.8 Å². The van der Waals surface area contributed by atoms with Gasteiger partial charge in [-0.25, -0.2) is 12.8 Å². The smallest absolute Gasteiger partial charge is 0.255 e. The summed E-state index contributed by atoms with van der Waals surface area (Å²) in [4.78, 5) is 0. The maximum atomic E-state index is 13.5. The van der Waals surface area contributed by atoms with Gasteiger partial charge in [-0.3, -0.25) is 4.72 Å². The fourth-order valence-electron chi connectivity index (χ4n) is 1.65. The van der Waals surface area contributed by atoms with Crippen molar-refractivity contribution in [3.63, 3.8) is 0 Å². The molecule has 0 spiro atoms. The predicted octanol–water partition coefficient (Wildman–Crippen LogP) is 4.20. The van der Waals surface area contributed by atoms with Crippen molar-refractivity contribution in [2.45, 2.75) is 6.92 Å². The highest BCUT2D eigenvalue weighted by Gasteiger charge is 2.09. The lowest BCUT2D eigenvalue weighted by Crippen LogP contribution is -2.10. The first kappa shape index (κ1) is 15.5. The van der Waals surface area contributed by atoms with Crippen molar-refractivity contribution < 1.29 is 12.8 Å². The quantitative estimate of drug-likeness (QED) is 0.915. The van der Waals surface area contributed by atoms with E-state index in [1.165, 1.54) is 18.2 Å². The van der Waals surface area contributed by atoms with Crippen LogP contribution in [0.15, 0.2) is 47.9 Å². The molecule has 0 heterocycles.